The molecule has 0 fully saturated rings. The first-order valence-corrected chi connectivity index (χ1v) is 46.5. The zero-order valence-corrected chi connectivity index (χ0v) is 78.8. The van der Waals surface area contributed by atoms with Gasteiger partial charge in [-0.15, -0.1) is 0 Å². The summed E-state index contributed by atoms with van der Waals surface area (Å²) in [6.07, 6.45) is 28.5. The number of aromatic nitrogens is 24. The van der Waals surface area contributed by atoms with Crippen LogP contribution in [0.3, 0.4) is 0 Å². The normalized spacial score (nSPS) is 11.5. The number of pyridine rings is 8. The number of amides is 4. The number of hydrogen-bond acceptors (Lipinski definition) is 20. The fraction of sp³-hybridized carbons (Fsp3) is 0.138. The lowest BCUT2D eigenvalue weighted by atomic mass is 10.0. The van der Waals surface area contributed by atoms with E-state index >= 15 is 0 Å². The molecule has 32 nitrogen and oxygen atoms in total. The average Bonchev–Trinajstić information content (AvgIpc) is 1.61. The Balaban J connectivity index is 0.000000118. The molecule has 0 saturated carbocycles. The average molecular weight is 1910 g/mol. The molecule has 0 bridgehead atoms. The van der Waals surface area contributed by atoms with E-state index in [4.69, 9.17) is 15.0 Å². The second kappa shape index (κ2) is 40.3. The van der Waals surface area contributed by atoms with Crippen LogP contribution in [-0.4, -0.2) is 144 Å². The highest BCUT2D eigenvalue weighted by Crippen LogP contribution is 2.41. The van der Waals surface area contributed by atoms with Gasteiger partial charge in [0.2, 0.25) is 23.6 Å². The van der Waals surface area contributed by atoms with Gasteiger partial charge in [0.05, 0.1) is 133 Å². The number of fused-ring (bicyclic) bond motifs is 8. The zero-order valence-electron chi connectivity index (χ0n) is 78.8. The molecule has 0 atom stereocenters. The van der Waals surface area contributed by atoms with Gasteiger partial charge >= 0.3 is 0 Å². The Morgan fingerprint density at radius 3 is 1.03 bits per heavy atom. The van der Waals surface area contributed by atoms with Gasteiger partial charge in [-0.25, -0.2) is 33.1 Å². The van der Waals surface area contributed by atoms with Crippen LogP contribution in [0.15, 0.2) is 275 Å². The quantitative estimate of drug-likeness (QED) is 0.0300. The largest absolute Gasteiger partial charge is 0.335 e. The number of aromatic amines is 8. The number of benzene rings is 7. The van der Waals surface area contributed by atoms with Crippen molar-refractivity contribution in [3.63, 3.8) is 0 Å². The highest BCUT2D eigenvalue weighted by atomic mass is 19.1. The van der Waals surface area contributed by atoms with Gasteiger partial charge in [-0.3, -0.25) is 79.4 Å². The molecule has 23 rings (SSSR count). The summed E-state index contributed by atoms with van der Waals surface area (Å²) < 4.78 is 41.9. The van der Waals surface area contributed by atoms with Gasteiger partial charge in [-0.1, -0.05) is 122 Å². The zero-order chi connectivity index (χ0) is 99.3. The van der Waals surface area contributed by atoms with Crippen molar-refractivity contribution in [1.82, 2.24) is 121 Å². The van der Waals surface area contributed by atoms with E-state index < -0.39 is 0 Å². The summed E-state index contributed by atoms with van der Waals surface area (Å²) in [5, 5.41) is 45.5. The SMILES string of the molecule is CC(C)C(=O)Nc1cncc(-c2ccc3[nH]nc(-c4nc5ccncc5[nH]4)c3c2)c1.CC(C)CC(=O)Nc1cncc(-c2ccc3[nH]nc(-c4nc5c(-c6ccc(F)cc6)cncc5[nH]4)c3c2)c1.CC(C)CC(=O)Nc1cncc(-c2ccc3[nH]nc(-c4nc5c(-c6cccc(F)c6)cncc5[nH]4)c3c2)c1.CC(C)CC(=O)Nc1cncc(-c2ccc3[nH]nc(-c4nc5c(-c6ccccc6F)cncc5[nH]4)c3c2)c1. The minimum Gasteiger partial charge on any atom is -0.335 e. The second-order valence-electron chi connectivity index (χ2n) is 36.2. The number of nitrogens with zero attached hydrogens (tertiary/aromatic N) is 16. The summed E-state index contributed by atoms with van der Waals surface area (Å²) in [7, 11) is 0. The van der Waals surface area contributed by atoms with E-state index in [0.717, 1.165) is 138 Å². The van der Waals surface area contributed by atoms with Gasteiger partial charge in [0.15, 0.2) is 23.3 Å². The number of imidazole rings is 4. The topological polar surface area (TPSA) is 449 Å². The van der Waals surface area contributed by atoms with Crippen LogP contribution in [-0.2, 0) is 19.2 Å². The molecule has 35 heteroatoms. The molecule has 0 aliphatic rings. The van der Waals surface area contributed by atoms with Crippen molar-refractivity contribution >= 4 is 134 Å². The molecular weight excluding hydrogens is 1820 g/mol. The molecule has 7 aromatic carbocycles. The number of carbonyl (C=O) groups is 4. The van der Waals surface area contributed by atoms with Crippen LogP contribution in [0.25, 0.3) is 212 Å². The summed E-state index contributed by atoms with van der Waals surface area (Å²) >= 11 is 0. The second-order valence-corrected chi connectivity index (χ2v) is 36.2. The van der Waals surface area contributed by atoms with Crippen LogP contribution in [0.5, 0.6) is 0 Å². The van der Waals surface area contributed by atoms with Gasteiger partial charge in [0.25, 0.3) is 0 Å². The van der Waals surface area contributed by atoms with E-state index in [1.165, 1.54) is 30.3 Å². The molecule has 16 aromatic heterocycles. The van der Waals surface area contributed by atoms with Crippen LogP contribution < -0.4 is 21.3 Å². The highest BCUT2D eigenvalue weighted by Gasteiger charge is 2.25. The van der Waals surface area contributed by atoms with Gasteiger partial charge in [0.1, 0.15) is 45.7 Å². The number of H-pyrrole nitrogens is 8. The molecule has 144 heavy (non-hydrogen) atoms. The van der Waals surface area contributed by atoms with Gasteiger partial charge in [0, 0.05) is 141 Å². The van der Waals surface area contributed by atoms with Crippen LogP contribution in [0.1, 0.15) is 74.7 Å². The minimum atomic E-state index is -0.336. The fourth-order valence-corrected chi connectivity index (χ4v) is 16.9. The van der Waals surface area contributed by atoms with Crippen LogP contribution >= 0.6 is 0 Å². The number of halogens is 3. The first-order chi connectivity index (χ1) is 69.9. The third kappa shape index (κ3) is 20.3. The minimum absolute atomic E-state index is 0.0362. The maximum Gasteiger partial charge on any atom is 0.226 e. The van der Waals surface area contributed by atoms with Gasteiger partial charge in [-0.05, 0) is 160 Å². The van der Waals surface area contributed by atoms with Crippen molar-refractivity contribution in [3.8, 4) is 124 Å². The molecule has 4 amide bonds. The Morgan fingerprint density at radius 2 is 0.639 bits per heavy atom. The molecular formula is C109H91F3N28O4. The molecule has 23 aromatic rings. The van der Waals surface area contributed by atoms with E-state index in [2.05, 4.69) is 127 Å². The summed E-state index contributed by atoms with van der Waals surface area (Å²) in [5.41, 5.74) is 25.9. The summed E-state index contributed by atoms with van der Waals surface area (Å²) in [5.74, 6) is 1.98. The lowest BCUT2D eigenvalue weighted by molar-refractivity contribution is -0.119. The van der Waals surface area contributed by atoms with Crippen LogP contribution in [0, 0.1) is 41.1 Å². The van der Waals surface area contributed by atoms with Crippen LogP contribution in [0.4, 0.5) is 35.9 Å². The lowest BCUT2D eigenvalue weighted by Gasteiger charge is -2.09. The summed E-state index contributed by atoms with van der Waals surface area (Å²) in [6.45, 7) is 15.8. The highest BCUT2D eigenvalue weighted by molar-refractivity contribution is 6.04. The monoisotopic (exact) mass is 1910 g/mol. The predicted molar refractivity (Wildman–Crippen MR) is 553 cm³/mol. The third-order valence-electron chi connectivity index (χ3n) is 23.8. The first kappa shape index (κ1) is 92.9. The first-order valence-electron chi connectivity index (χ1n) is 46.5. The third-order valence-corrected chi connectivity index (χ3v) is 23.8. The Morgan fingerprint density at radius 1 is 0.285 bits per heavy atom. The molecule has 712 valence electrons. The number of hydrogen-bond donors (Lipinski definition) is 12. The lowest BCUT2D eigenvalue weighted by Crippen LogP contribution is -2.17. The van der Waals surface area contributed by atoms with E-state index in [1.54, 1.807) is 136 Å². The molecule has 16 heterocycles. The molecule has 12 N–H and O–H groups in total. The summed E-state index contributed by atoms with van der Waals surface area (Å²) in [4.78, 5) is 115. The van der Waals surface area contributed by atoms with Crippen molar-refractivity contribution in [2.75, 3.05) is 21.3 Å². The van der Waals surface area contributed by atoms with E-state index in [0.29, 0.717) is 116 Å². The predicted octanol–water partition coefficient (Wildman–Crippen LogP) is 23.2. The standard InChI is InChI=1S/3C29H24FN7O.C22H19N7O/c1-16(2)9-26(38)33-21-10-19(12-31-13-21)18-5-8-24-22(11-18)28(37-36-24)29-34-25-15-32-14-23(27(25)35-29)17-3-6-20(30)7-4-17;1-16(2)8-26(38)33-21-10-19(12-31-13-21)17-6-7-24-22(11-17)28(37-36-24)29-34-25-15-32-14-23(27(25)35-29)18-4-3-5-20(30)9-18;1-16(2)9-26(38)33-19-10-18(12-31-13-19)17-7-8-24-21(11-17)28(37-36-24)29-34-25-15-32-14-22(27(25)35-29)20-5-3-4-6-23(20)30;1-12(2)22(30)25-15-7-14(9-24-10-15)13-3-4-17-16(8-13)20(29-28-17)21-26-18-5-6-23-11-19(18)27-21/h3-8,10-16H,9H2,1-2H3,(H,33,38)(H,34,35)(H,36,37);3-7,9-16H,8H2,1-2H3,(H,33,38)(H,34,35)(H,36,37);3-8,10-16H,9H2,1-2H3,(H,33,38)(H,34,35)(H,36,37);3-12H,1-2H3,(H,25,30)(H,26,27)(H,28,29). The summed E-state index contributed by atoms with van der Waals surface area (Å²) in [6, 6.07) is 52.6. The Labute approximate surface area is 818 Å². The molecule has 0 radical (unpaired) electrons. The Hall–Kier alpha value is -18.8. The van der Waals surface area contributed by atoms with Crippen molar-refractivity contribution < 1.29 is 32.3 Å². The van der Waals surface area contributed by atoms with Crippen molar-refractivity contribution in [2.45, 2.75) is 74.7 Å². The Bertz CT molecular complexity index is 8760. The van der Waals surface area contributed by atoms with E-state index in [1.807, 2.05) is 165 Å². The Kier molecular flexibility index (Phi) is 26.0. The van der Waals surface area contributed by atoms with E-state index in [-0.39, 0.29) is 64.8 Å². The number of anilines is 4. The molecule has 0 aliphatic heterocycles. The molecule has 0 spiro atoms. The maximum atomic E-state index is 14.5. The van der Waals surface area contributed by atoms with E-state index in [9.17, 15) is 32.3 Å². The number of carbonyl (C=O) groups excluding carboxylic acids is 4. The van der Waals surface area contributed by atoms with Crippen molar-refractivity contribution in [3.05, 3.63) is 293 Å². The molecule has 0 saturated heterocycles. The van der Waals surface area contributed by atoms with Crippen LogP contribution in [0.2, 0.25) is 0 Å². The smallest absolute Gasteiger partial charge is 0.226 e. The van der Waals surface area contributed by atoms with Gasteiger partial charge < -0.3 is 41.2 Å². The molecule has 0 aliphatic carbocycles. The number of nitrogens with one attached hydrogen (secondary N) is 12. The van der Waals surface area contributed by atoms with Crippen molar-refractivity contribution in [2.24, 2.45) is 23.7 Å². The van der Waals surface area contributed by atoms with Gasteiger partial charge in [-0.2, -0.15) is 20.4 Å². The number of rotatable bonds is 22. The fourth-order valence-electron chi connectivity index (χ4n) is 16.9. The maximum absolute atomic E-state index is 14.5. The molecule has 0 unspecified atom stereocenters. The van der Waals surface area contributed by atoms with Crippen molar-refractivity contribution in [1.29, 1.82) is 0 Å².